The molecule has 4 aromatic rings. The molecule has 2 nitrogen and oxygen atoms in total. The lowest BCUT2D eigenvalue weighted by atomic mass is 9.80. The van der Waals surface area contributed by atoms with Gasteiger partial charge in [-0.2, -0.15) is 0 Å². The van der Waals surface area contributed by atoms with Crippen LogP contribution in [0.15, 0.2) is 133 Å². The van der Waals surface area contributed by atoms with E-state index in [1.165, 1.54) is 0 Å². The molecule has 166 valence electrons. The van der Waals surface area contributed by atoms with Gasteiger partial charge in [0.1, 0.15) is 0 Å². The molecule has 0 saturated heterocycles. The van der Waals surface area contributed by atoms with E-state index in [1.807, 2.05) is 97.2 Å². The quantitative estimate of drug-likeness (QED) is 0.281. The molecule has 0 spiro atoms. The standard InChI is InChI=1S/C31H24ClNO/c1-31(25-15-9-4-10-16-25)21-28(23-11-5-2-6-12-23)29(30(34)24-13-7-3-8-14-24)22-33(31)27-19-17-26(32)18-20-27/h2-22H,1H3. The third kappa shape index (κ3) is 4.09. The van der Waals surface area contributed by atoms with Gasteiger partial charge in [0.15, 0.2) is 5.78 Å². The summed E-state index contributed by atoms with van der Waals surface area (Å²) in [6.45, 7) is 2.18. The summed E-state index contributed by atoms with van der Waals surface area (Å²) >= 11 is 6.20. The maximum atomic E-state index is 13.8. The molecule has 34 heavy (non-hydrogen) atoms. The summed E-state index contributed by atoms with van der Waals surface area (Å²) < 4.78 is 0. The Morgan fingerprint density at radius 1 is 0.735 bits per heavy atom. The van der Waals surface area contributed by atoms with E-state index < -0.39 is 5.54 Å². The second-order valence-corrected chi connectivity index (χ2v) is 8.96. The number of ketones is 1. The van der Waals surface area contributed by atoms with Crippen LogP contribution >= 0.6 is 11.6 Å². The Balaban J connectivity index is 1.75. The number of hydrogen-bond acceptors (Lipinski definition) is 2. The second-order valence-electron chi connectivity index (χ2n) is 8.52. The summed E-state index contributed by atoms with van der Waals surface area (Å²) in [6.07, 6.45) is 4.20. The van der Waals surface area contributed by atoms with E-state index in [4.69, 9.17) is 11.6 Å². The Morgan fingerprint density at radius 3 is 1.91 bits per heavy atom. The number of anilines is 1. The first-order valence-electron chi connectivity index (χ1n) is 11.3. The maximum Gasteiger partial charge on any atom is 0.195 e. The van der Waals surface area contributed by atoms with Crippen molar-refractivity contribution in [1.82, 2.24) is 0 Å². The summed E-state index contributed by atoms with van der Waals surface area (Å²) in [6, 6.07) is 37.7. The van der Waals surface area contributed by atoms with Crippen molar-refractivity contribution in [3.8, 4) is 0 Å². The average molecular weight is 462 g/mol. The van der Waals surface area contributed by atoms with Gasteiger partial charge < -0.3 is 4.90 Å². The van der Waals surface area contributed by atoms with E-state index in [0.29, 0.717) is 16.2 Å². The number of carbonyl (C=O) groups is 1. The Bertz CT molecular complexity index is 1360. The molecule has 4 aromatic carbocycles. The van der Waals surface area contributed by atoms with Crippen molar-refractivity contribution >= 4 is 28.6 Å². The minimum Gasteiger partial charge on any atom is -0.334 e. The van der Waals surface area contributed by atoms with Crippen molar-refractivity contribution in [2.24, 2.45) is 0 Å². The number of hydrogen-bond donors (Lipinski definition) is 0. The Hall–Kier alpha value is -3.88. The van der Waals surface area contributed by atoms with Crippen LogP contribution in [-0.4, -0.2) is 5.78 Å². The van der Waals surface area contributed by atoms with E-state index in [0.717, 1.165) is 22.4 Å². The topological polar surface area (TPSA) is 20.3 Å². The molecule has 0 saturated carbocycles. The van der Waals surface area contributed by atoms with Crippen LogP contribution in [0.5, 0.6) is 0 Å². The lowest BCUT2D eigenvalue weighted by Gasteiger charge is -2.43. The van der Waals surface area contributed by atoms with Crippen molar-refractivity contribution in [3.63, 3.8) is 0 Å². The van der Waals surface area contributed by atoms with Gasteiger partial charge in [0.2, 0.25) is 0 Å². The monoisotopic (exact) mass is 461 g/mol. The van der Waals surface area contributed by atoms with Gasteiger partial charge in [0.05, 0.1) is 5.54 Å². The molecule has 0 radical (unpaired) electrons. The average Bonchev–Trinajstić information content (AvgIpc) is 2.90. The van der Waals surface area contributed by atoms with Crippen LogP contribution in [-0.2, 0) is 5.54 Å². The highest BCUT2D eigenvalue weighted by atomic mass is 35.5. The number of carbonyl (C=O) groups excluding carboxylic acids is 1. The lowest BCUT2D eigenvalue weighted by molar-refractivity contribution is 0.103. The molecular weight excluding hydrogens is 438 g/mol. The number of Topliss-reactive ketones (excluding diaryl/α,β-unsaturated/α-hetero) is 1. The third-order valence-electron chi connectivity index (χ3n) is 6.30. The summed E-state index contributed by atoms with van der Waals surface area (Å²) in [5.41, 5.74) is 4.80. The summed E-state index contributed by atoms with van der Waals surface area (Å²) in [5, 5.41) is 0.673. The number of benzene rings is 4. The lowest BCUT2D eigenvalue weighted by Crippen LogP contribution is -2.42. The molecule has 0 N–H and O–H groups in total. The molecular formula is C31H24ClNO. The van der Waals surface area contributed by atoms with Gasteiger partial charge in [-0.3, -0.25) is 4.79 Å². The molecule has 1 atom stereocenters. The molecule has 0 amide bonds. The molecule has 3 heteroatoms. The fourth-order valence-electron chi connectivity index (χ4n) is 4.49. The van der Waals surface area contributed by atoms with Crippen LogP contribution in [0.2, 0.25) is 5.02 Å². The van der Waals surface area contributed by atoms with E-state index in [2.05, 4.69) is 42.2 Å². The van der Waals surface area contributed by atoms with E-state index >= 15 is 0 Å². The summed E-state index contributed by atoms with van der Waals surface area (Å²) in [7, 11) is 0. The predicted octanol–water partition coefficient (Wildman–Crippen LogP) is 7.93. The number of nitrogens with zero attached hydrogens (tertiary/aromatic N) is 1. The van der Waals surface area contributed by atoms with E-state index in [-0.39, 0.29) is 5.78 Å². The van der Waals surface area contributed by atoms with Crippen molar-refractivity contribution in [3.05, 3.63) is 155 Å². The Kier molecular flexibility index (Phi) is 5.91. The SMILES string of the molecule is CC1(c2ccccc2)C=C(c2ccccc2)C(C(=O)c2ccccc2)=CN1c1ccc(Cl)cc1. The van der Waals surface area contributed by atoms with Crippen LogP contribution in [0.1, 0.15) is 28.4 Å². The molecule has 1 aliphatic rings. The molecule has 5 rings (SSSR count). The van der Waals surface area contributed by atoms with Crippen LogP contribution in [0.25, 0.3) is 5.57 Å². The van der Waals surface area contributed by atoms with Gasteiger partial charge in [-0.1, -0.05) is 103 Å². The van der Waals surface area contributed by atoms with E-state index in [1.54, 1.807) is 0 Å². The number of halogens is 1. The van der Waals surface area contributed by atoms with Gasteiger partial charge in [0.25, 0.3) is 0 Å². The third-order valence-corrected chi connectivity index (χ3v) is 6.55. The van der Waals surface area contributed by atoms with Crippen molar-refractivity contribution in [1.29, 1.82) is 0 Å². The van der Waals surface area contributed by atoms with Crippen LogP contribution in [0.4, 0.5) is 5.69 Å². The van der Waals surface area contributed by atoms with Gasteiger partial charge in [-0.25, -0.2) is 0 Å². The van der Waals surface area contributed by atoms with Crippen LogP contribution < -0.4 is 4.90 Å². The summed E-state index contributed by atoms with van der Waals surface area (Å²) in [5.74, 6) is -0.00946. The molecule has 0 aliphatic carbocycles. The van der Waals surface area contributed by atoms with Crippen LogP contribution in [0, 0.1) is 0 Å². The Morgan fingerprint density at radius 2 is 1.29 bits per heavy atom. The number of rotatable bonds is 5. The smallest absolute Gasteiger partial charge is 0.195 e. The molecule has 1 unspecified atom stereocenters. The fourth-order valence-corrected chi connectivity index (χ4v) is 4.61. The normalized spacial score (nSPS) is 17.6. The second kappa shape index (κ2) is 9.17. The fraction of sp³-hybridized carbons (Fsp3) is 0.0645. The van der Waals surface area contributed by atoms with Gasteiger partial charge in [-0.05, 0) is 54.0 Å². The molecule has 0 bridgehead atoms. The minimum absolute atomic E-state index is 0.00946. The highest BCUT2D eigenvalue weighted by molar-refractivity contribution is 6.30. The molecule has 0 aromatic heterocycles. The van der Waals surface area contributed by atoms with Crippen LogP contribution in [0.3, 0.4) is 0 Å². The first kappa shape index (κ1) is 21.9. The Labute approximate surface area is 205 Å². The van der Waals surface area contributed by atoms with Crippen molar-refractivity contribution in [2.45, 2.75) is 12.5 Å². The molecule has 1 heterocycles. The molecule has 0 fully saturated rings. The highest BCUT2D eigenvalue weighted by Gasteiger charge is 2.37. The van der Waals surface area contributed by atoms with Gasteiger partial charge in [0, 0.05) is 28.0 Å². The first-order chi connectivity index (χ1) is 16.6. The first-order valence-corrected chi connectivity index (χ1v) is 11.6. The van der Waals surface area contributed by atoms with Crippen molar-refractivity contribution < 1.29 is 4.79 Å². The van der Waals surface area contributed by atoms with Crippen molar-refractivity contribution in [2.75, 3.05) is 4.90 Å². The zero-order valence-electron chi connectivity index (χ0n) is 18.9. The predicted molar refractivity (Wildman–Crippen MR) is 141 cm³/mol. The highest BCUT2D eigenvalue weighted by Crippen LogP contribution is 2.43. The zero-order valence-corrected chi connectivity index (χ0v) is 19.6. The number of allylic oxidation sites excluding steroid dienone is 2. The van der Waals surface area contributed by atoms with Gasteiger partial charge in [-0.15, -0.1) is 0 Å². The molecule has 1 aliphatic heterocycles. The zero-order chi connectivity index (χ0) is 23.5. The minimum atomic E-state index is -0.527. The van der Waals surface area contributed by atoms with E-state index in [9.17, 15) is 4.79 Å². The van der Waals surface area contributed by atoms with Gasteiger partial charge >= 0.3 is 0 Å². The largest absolute Gasteiger partial charge is 0.334 e. The summed E-state index contributed by atoms with van der Waals surface area (Å²) in [4.78, 5) is 16.0. The maximum absolute atomic E-state index is 13.8.